The molecule has 0 spiro atoms. The molecule has 4 nitrogen and oxygen atoms in total. The highest BCUT2D eigenvalue weighted by Gasteiger charge is 2.05. The lowest BCUT2D eigenvalue weighted by atomic mass is 10.3. The third-order valence-electron chi connectivity index (χ3n) is 2.75. The van der Waals surface area contributed by atoms with Crippen molar-refractivity contribution < 1.29 is 4.74 Å². The van der Waals surface area contributed by atoms with Crippen molar-refractivity contribution in [3.05, 3.63) is 59.5 Å². The number of hydrogen-bond donors (Lipinski definition) is 1. The number of nitrogens with two attached hydrogens (primary N) is 1. The summed E-state index contributed by atoms with van der Waals surface area (Å²) >= 11 is 5.90. The van der Waals surface area contributed by atoms with Crippen LogP contribution in [0.1, 0.15) is 5.69 Å². The number of anilines is 1. The van der Waals surface area contributed by atoms with Crippen LogP contribution in [-0.4, -0.2) is 9.38 Å². The lowest BCUT2D eigenvalue weighted by Gasteiger charge is -2.03. The van der Waals surface area contributed by atoms with E-state index in [0.717, 1.165) is 17.1 Å². The van der Waals surface area contributed by atoms with Gasteiger partial charge in [-0.3, -0.25) is 0 Å². The molecule has 0 aliphatic rings. The summed E-state index contributed by atoms with van der Waals surface area (Å²) in [4.78, 5) is 4.43. The fourth-order valence-corrected chi connectivity index (χ4v) is 2.05. The second-order valence-corrected chi connectivity index (χ2v) is 4.61. The van der Waals surface area contributed by atoms with Crippen molar-refractivity contribution in [3.8, 4) is 5.75 Å². The third-order valence-corrected chi connectivity index (χ3v) is 2.98. The van der Waals surface area contributed by atoms with Gasteiger partial charge in [-0.2, -0.15) is 0 Å². The predicted octanol–water partition coefficient (Wildman–Crippen LogP) is 3.15. The second kappa shape index (κ2) is 4.82. The first-order chi connectivity index (χ1) is 9.22. The Hall–Kier alpha value is -2.20. The maximum absolute atomic E-state index is 5.90. The minimum Gasteiger partial charge on any atom is -0.487 e. The van der Waals surface area contributed by atoms with Crippen LogP contribution in [0.4, 0.5) is 5.69 Å². The average molecular weight is 274 g/mol. The zero-order valence-electron chi connectivity index (χ0n) is 10.1. The Labute approximate surface area is 115 Å². The molecule has 0 saturated carbocycles. The number of imidazole rings is 1. The van der Waals surface area contributed by atoms with Crippen LogP contribution in [0, 0.1) is 0 Å². The molecule has 96 valence electrons. The van der Waals surface area contributed by atoms with Gasteiger partial charge >= 0.3 is 0 Å². The highest BCUT2D eigenvalue weighted by Crippen LogP contribution is 2.19. The Morgan fingerprint density at radius 1 is 1.26 bits per heavy atom. The fraction of sp³-hybridized carbons (Fsp3) is 0.0714. The zero-order valence-corrected chi connectivity index (χ0v) is 10.8. The minimum absolute atomic E-state index is 0.376. The van der Waals surface area contributed by atoms with Crippen LogP contribution < -0.4 is 10.5 Å². The SMILES string of the molecule is Nc1cccn2cc(COc3cccc(Cl)c3)nc12. The van der Waals surface area contributed by atoms with Crippen LogP contribution >= 0.6 is 11.6 Å². The van der Waals surface area contributed by atoms with E-state index in [9.17, 15) is 0 Å². The fourth-order valence-electron chi connectivity index (χ4n) is 1.87. The van der Waals surface area contributed by atoms with Crippen molar-refractivity contribution in [1.29, 1.82) is 0 Å². The Morgan fingerprint density at radius 2 is 2.16 bits per heavy atom. The summed E-state index contributed by atoms with van der Waals surface area (Å²) in [7, 11) is 0. The number of ether oxygens (including phenoxy) is 1. The molecular weight excluding hydrogens is 262 g/mol. The number of benzene rings is 1. The first-order valence-electron chi connectivity index (χ1n) is 5.83. The number of aromatic nitrogens is 2. The molecule has 0 bridgehead atoms. The summed E-state index contributed by atoms with van der Waals surface area (Å²) in [5, 5.41) is 0.650. The van der Waals surface area contributed by atoms with Crippen LogP contribution in [0.25, 0.3) is 5.65 Å². The first-order valence-corrected chi connectivity index (χ1v) is 6.20. The van der Waals surface area contributed by atoms with Gasteiger partial charge in [0.1, 0.15) is 12.4 Å². The second-order valence-electron chi connectivity index (χ2n) is 4.17. The van der Waals surface area contributed by atoms with Gasteiger partial charge in [-0.15, -0.1) is 0 Å². The van der Waals surface area contributed by atoms with Gasteiger partial charge < -0.3 is 14.9 Å². The molecule has 0 aliphatic carbocycles. The molecular formula is C14H12ClN3O. The normalized spacial score (nSPS) is 10.8. The number of pyridine rings is 1. The Kier molecular flexibility index (Phi) is 3.01. The van der Waals surface area contributed by atoms with Gasteiger partial charge in [-0.25, -0.2) is 4.98 Å². The van der Waals surface area contributed by atoms with E-state index in [1.807, 2.05) is 41.1 Å². The summed E-state index contributed by atoms with van der Waals surface area (Å²) in [6.07, 6.45) is 3.80. The van der Waals surface area contributed by atoms with Gasteiger partial charge in [-0.1, -0.05) is 17.7 Å². The molecule has 2 aromatic heterocycles. The van der Waals surface area contributed by atoms with E-state index in [4.69, 9.17) is 22.1 Å². The standard InChI is InChI=1S/C14H12ClN3O/c15-10-3-1-4-12(7-10)19-9-11-8-18-6-2-5-13(16)14(18)17-11/h1-8H,9,16H2. The number of halogens is 1. The molecule has 2 N–H and O–H groups in total. The van der Waals surface area contributed by atoms with E-state index in [-0.39, 0.29) is 0 Å². The molecule has 3 aromatic rings. The predicted molar refractivity (Wildman–Crippen MR) is 75.4 cm³/mol. The van der Waals surface area contributed by atoms with E-state index in [0.29, 0.717) is 17.3 Å². The summed E-state index contributed by atoms with van der Waals surface area (Å²) in [6, 6.07) is 11.0. The highest BCUT2D eigenvalue weighted by atomic mass is 35.5. The van der Waals surface area contributed by atoms with E-state index in [2.05, 4.69) is 4.98 Å². The molecule has 0 radical (unpaired) electrons. The van der Waals surface area contributed by atoms with Gasteiger partial charge in [0.15, 0.2) is 5.65 Å². The maximum Gasteiger partial charge on any atom is 0.160 e. The number of fused-ring (bicyclic) bond motifs is 1. The van der Waals surface area contributed by atoms with Gasteiger partial charge in [-0.05, 0) is 30.3 Å². The van der Waals surface area contributed by atoms with Gasteiger partial charge in [0, 0.05) is 17.4 Å². The topological polar surface area (TPSA) is 52.5 Å². The van der Waals surface area contributed by atoms with Crippen LogP contribution in [0.5, 0.6) is 5.75 Å². The van der Waals surface area contributed by atoms with E-state index in [1.54, 1.807) is 12.1 Å². The van der Waals surface area contributed by atoms with Crippen molar-refractivity contribution in [2.24, 2.45) is 0 Å². The lowest BCUT2D eigenvalue weighted by molar-refractivity contribution is 0.302. The number of hydrogen-bond acceptors (Lipinski definition) is 3. The first kappa shape index (κ1) is 11.9. The Balaban J connectivity index is 1.80. The zero-order chi connectivity index (χ0) is 13.2. The molecule has 1 aromatic carbocycles. The molecule has 19 heavy (non-hydrogen) atoms. The van der Waals surface area contributed by atoms with E-state index < -0.39 is 0 Å². The van der Waals surface area contributed by atoms with Crippen LogP contribution in [0.2, 0.25) is 5.02 Å². The molecule has 0 unspecified atom stereocenters. The Morgan fingerprint density at radius 3 is 2.95 bits per heavy atom. The van der Waals surface area contributed by atoms with Crippen molar-refractivity contribution in [2.45, 2.75) is 6.61 Å². The van der Waals surface area contributed by atoms with Crippen LogP contribution in [0.15, 0.2) is 48.8 Å². The average Bonchev–Trinajstić information content (AvgIpc) is 2.81. The van der Waals surface area contributed by atoms with Gasteiger partial charge in [0.05, 0.1) is 11.4 Å². The van der Waals surface area contributed by atoms with Gasteiger partial charge in [0.2, 0.25) is 0 Å². The van der Waals surface area contributed by atoms with Crippen molar-refractivity contribution >= 4 is 22.9 Å². The van der Waals surface area contributed by atoms with Crippen molar-refractivity contribution in [2.75, 3.05) is 5.73 Å². The molecule has 0 saturated heterocycles. The molecule has 2 heterocycles. The summed E-state index contributed by atoms with van der Waals surface area (Å²) in [6.45, 7) is 0.376. The van der Waals surface area contributed by atoms with Crippen LogP contribution in [-0.2, 0) is 6.61 Å². The third kappa shape index (κ3) is 2.48. The van der Waals surface area contributed by atoms with Crippen LogP contribution in [0.3, 0.4) is 0 Å². The largest absolute Gasteiger partial charge is 0.487 e. The number of rotatable bonds is 3. The smallest absolute Gasteiger partial charge is 0.160 e. The summed E-state index contributed by atoms with van der Waals surface area (Å²) < 4.78 is 7.52. The Bertz CT molecular complexity index is 724. The molecule has 0 fully saturated rings. The molecule has 0 aliphatic heterocycles. The molecule has 5 heteroatoms. The lowest BCUT2D eigenvalue weighted by Crippen LogP contribution is -1.95. The summed E-state index contributed by atoms with van der Waals surface area (Å²) in [5.41, 5.74) is 8.06. The summed E-state index contributed by atoms with van der Waals surface area (Å²) in [5.74, 6) is 0.720. The van der Waals surface area contributed by atoms with Gasteiger partial charge in [0.25, 0.3) is 0 Å². The number of nitrogen functional groups attached to an aromatic ring is 1. The maximum atomic E-state index is 5.90. The van der Waals surface area contributed by atoms with E-state index >= 15 is 0 Å². The molecule has 0 amide bonds. The number of nitrogens with zero attached hydrogens (tertiary/aromatic N) is 2. The monoisotopic (exact) mass is 273 g/mol. The quantitative estimate of drug-likeness (QED) is 0.797. The molecule has 0 atom stereocenters. The minimum atomic E-state index is 0.376. The van der Waals surface area contributed by atoms with Crippen molar-refractivity contribution in [1.82, 2.24) is 9.38 Å². The van der Waals surface area contributed by atoms with E-state index in [1.165, 1.54) is 0 Å². The molecule has 3 rings (SSSR count). The highest BCUT2D eigenvalue weighted by molar-refractivity contribution is 6.30. The van der Waals surface area contributed by atoms with Crippen molar-refractivity contribution in [3.63, 3.8) is 0 Å².